The van der Waals surface area contributed by atoms with Gasteiger partial charge < -0.3 is 4.74 Å². The highest BCUT2D eigenvalue weighted by Crippen LogP contribution is 2.29. The van der Waals surface area contributed by atoms with Crippen LogP contribution in [0.3, 0.4) is 0 Å². The van der Waals surface area contributed by atoms with Crippen LogP contribution in [0.2, 0.25) is 0 Å². The molecule has 0 amide bonds. The molecule has 1 aliphatic carbocycles. The zero-order valence-corrected chi connectivity index (χ0v) is 12.3. The van der Waals surface area contributed by atoms with Gasteiger partial charge in [-0.3, -0.25) is 0 Å². The van der Waals surface area contributed by atoms with Crippen LogP contribution in [0.5, 0.6) is 0 Å². The molecular weight excluding hydrogens is 332 g/mol. The Morgan fingerprint density at radius 3 is 2.75 bits per heavy atom. The maximum atomic E-state index is 5.97. The van der Waals surface area contributed by atoms with Crippen molar-refractivity contribution in [3.8, 4) is 0 Å². The molecule has 1 saturated carbocycles. The molecule has 0 N–H and O–H groups in total. The quantitative estimate of drug-likeness (QED) is 0.701. The highest BCUT2D eigenvalue weighted by atomic mass is 79.9. The molecule has 1 nitrogen and oxygen atoms in total. The van der Waals surface area contributed by atoms with Gasteiger partial charge in [-0.25, -0.2) is 0 Å². The largest absolute Gasteiger partial charge is 0.372 e. The third-order valence-electron chi connectivity index (χ3n) is 3.12. The molecule has 3 heteroatoms. The number of rotatable bonds is 5. The van der Waals surface area contributed by atoms with Crippen LogP contribution in [0.15, 0.2) is 28.7 Å². The summed E-state index contributed by atoms with van der Waals surface area (Å²) in [6.07, 6.45) is 4.24. The van der Waals surface area contributed by atoms with Gasteiger partial charge in [-0.2, -0.15) is 0 Å². The molecule has 2 rings (SSSR count). The molecule has 0 spiro atoms. The van der Waals surface area contributed by atoms with Crippen molar-refractivity contribution in [3.63, 3.8) is 0 Å². The first-order valence-corrected chi connectivity index (χ1v) is 7.64. The standard InChI is InChI=1S/C13H16Br2O/c14-8-13(16-9-10-3-1-4-10)11-5-2-6-12(15)7-11/h2,5-7,10,13H,1,3-4,8-9H2. The van der Waals surface area contributed by atoms with Crippen molar-refractivity contribution in [2.75, 3.05) is 11.9 Å². The predicted octanol–water partition coefficient (Wildman–Crippen LogP) is 4.70. The van der Waals surface area contributed by atoms with Crippen LogP contribution in [0.1, 0.15) is 30.9 Å². The Morgan fingerprint density at radius 1 is 1.38 bits per heavy atom. The van der Waals surface area contributed by atoms with E-state index in [2.05, 4.69) is 50.1 Å². The SMILES string of the molecule is BrCC(OCC1CCC1)c1cccc(Br)c1. The summed E-state index contributed by atoms with van der Waals surface area (Å²) in [6, 6.07) is 8.35. The molecule has 0 aromatic heterocycles. The van der Waals surface area contributed by atoms with Crippen LogP contribution >= 0.6 is 31.9 Å². The monoisotopic (exact) mass is 346 g/mol. The Labute approximate surface area is 114 Å². The van der Waals surface area contributed by atoms with Crippen molar-refractivity contribution >= 4 is 31.9 Å². The highest BCUT2D eigenvalue weighted by molar-refractivity contribution is 9.10. The first kappa shape index (κ1) is 12.6. The van der Waals surface area contributed by atoms with Gasteiger partial charge in [-0.15, -0.1) is 0 Å². The summed E-state index contributed by atoms with van der Waals surface area (Å²) in [5.74, 6) is 0.800. The third-order valence-corrected chi connectivity index (χ3v) is 4.20. The fraction of sp³-hybridized carbons (Fsp3) is 0.538. The van der Waals surface area contributed by atoms with Gasteiger partial charge in [-0.1, -0.05) is 50.4 Å². The lowest BCUT2D eigenvalue weighted by Gasteiger charge is -2.27. The molecule has 0 saturated heterocycles. The van der Waals surface area contributed by atoms with E-state index >= 15 is 0 Å². The van der Waals surface area contributed by atoms with Gasteiger partial charge in [0.1, 0.15) is 0 Å². The van der Waals surface area contributed by atoms with Crippen LogP contribution in [0, 0.1) is 5.92 Å². The Hall–Kier alpha value is 0.140. The summed E-state index contributed by atoms with van der Waals surface area (Å²) in [6.45, 7) is 0.906. The van der Waals surface area contributed by atoms with Crippen molar-refractivity contribution in [1.29, 1.82) is 0 Å². The lowest BCUT2D eigenvalue weighted by molar-refractivity contribution is 0.0224. The number of benzene rings is 1. The smallest absolute Gasteiger partial charge is 0.0922 e. The van der Waals surface area contributed by atoms with Gasteiger partial charge in [0, 0.05) is 9.80 Å². The minimum absolute atomic E-state index is 0.179. The second-order valence-electron chi connectivity index (χ2n) is 4.33. The number of ether oxygens (including phenoxy) is 1. The number of hydrogen-bond donors (Lipinski definition) is 0. The molecule has 1 unspecified atom stereocenters. The number of hydrogen-bond acceptors (Lipinski definition) is 1. The summed E-state index contributed by atoms with van der Waals surface area (Å²) >= 11 is 7.02. The summed E-state index contributed by atoms with van der Waals surface area (Å²) < 4.78 is 7.08. The lowest BCUT2D eigenvalue weighted by Crippen LogP contribution is -2.20. The van der Waals surface area contributed by atoms with E-state index in [1.54, 1.807) is 0 Å². The van der Waals surface area contributed by atoms with E-state index in [1.807, 2.05) is 6.07 Å². The van der Waals surface area contributed by atoms with Gasteiger partial charge in [0.15, 0.2) is 0 Å². The van der Waals surface area contributed by atoms with Gasteiger partial charge in [0.05, 0.1) is 12.7 Å². The summed E-state index contributed by atoms with van der Waals surface area (Å²) in [7, 11) is 0. The summed E-state index contributed by atoms with van der Waals surface area (Å²) in [5, 5.41) is 0.857. The third kappa shape index (κ3) is 3.31. The second-order valence-corrected chi connectivity index (χ2v) is 5.89. The fourth-order valence-electron chi connectivity index (χ4n) is 1.85. The molecule has 88 valence electrons. The summed E-state index contributed by atoms with van der Waals surface area (Å²) in [5.41, 5.74) is 1.24. The highest BCUT2D eigenvalue weighted by Gasteiger charge is 2.20. The Balaban J connectivity index is 1.92. The van der Waals surface area contributed by atoms with Crippen LogP contribution in [-0.4, -0.2) is 11.9 Å². The minimum atomic E-state index is 0.179. The molecule has 0 bridgehead atoms. The molecule has 16 heavy (non-hydrogen) atoms. The van der Waals surface area contributed by atoms with Crippen LogP contribution in [0.4, 0.5) is 0 Å². The van der Waals surface area contributed by atoms with E-state index in [-0.39, 0.29) is 6.10 Å². The molecule has 1 aromatic carbocycles. The topological polar surface area (TPSA) is 9.23 Å². The molecule has 1 atom stereocenters. The number of halogens is 2. The molecular formula is C13H16Br2O. The van der Waals surface area contributed by atoms with Crippen molar-refractivity contribution in [2.45, 2.75) is 25.4 Å². The molecule has 1 fully saturated rings. The molecule has 1 aliphatic rings. The van der Waals surface area contributed by atoms with Crippen molar-refractivity contribution in [2.24, 2.45) is 5.92 Å². The van der Waals surface area contributed by atoms with Gasteiger partial charge >= 0.3 is 0 Å². The Bertz CT molecular complexity index is 336. The molecule has 1 aromatic rings. The average Bonchev–Trinajstić information content (AvgIpc) is 2.22. The predicted molar refractivity (Wildman–Crippen MR) is 74.0 cm³/mol. The first-order valence-electron chi connectivity index (χ1n) is 5.72. The van der Waals surface area contributed by atoms with E-state index in [9.17, 15) is 0 Å². The van der Waals surface area contributed by atoms with Gasteiger partial charge in [0.25, 0.3) is 0 Å². The van der Waals surface area contributed by atoms with Crippen LogP contribution in [-0.2, 0) is 4.74 Å². The zero-order chi connectivity index (χ0) is 11.4. The zero-order valence-electron chi connectivity index (χ0n) is 9.16. The van der Waals surface area contributed by atoms with E-state index in [0.717, 1.165) is 22.3 Å². The van der Waals surface area contributed by atoms with E-state index in [0.29, 0.717) is 0 Å². The van der Waals surface area contributed by atoms with E-state index in [1.165, 1.54) is 24.8 Å². The van der Waals surface area contributed by atoms with Gasteiger partial charge in [-0.05, 0) is 36.5 Å². The molecule has 0 heterocycles. The second kappa shape index (κ2) is 6.18. The number of alkyl halides is 1. The van der Waals surface area contributed by atoms with Crippen LogP contribution < -0.4 is 0 Å². The summed E-state index contributed by atoms with van der Waals surface area (Å²) in [4.78, 5) is 0. The fourth-order valence-corrected chi connectivity index (χ4v) is 2.83. The Kier molecular flexibility index (Phi) is 4.86. The lowest BCUT2D eigenvalue weighted by atomic mass is 9.86. The maximum Gasteiger partial charge on any atom is 0.0922 e. The van der Waals surface area contributed by atoms with Crippen molar-refractivity contribution < 1.29 is 4.74 Å². The Morgan fingerprint density at radius 2 is 2.19 bits per heavy atom. The minimum Gasteiger partial charge on any atom is -0.372 e. The van der Waals surface area contributed by atoms with Gasteiger partial charge in [0.2, 0.25) is 0 Å². The van der Waals surface area contributed by atoms with Crippen molar-refractivity contribution in [3.05, 3.63) is 34.3 Å². The van der Waals surface area contributed by atoms with E-state index < -0.39 is 0 Å². The normalized spacial score (nSPS) is 18.1. The average molecular weight is 348 g/mol. The molecule has 0 radical (unpaired) electrons. The first-order chi connectivity index (χ1) is 7.79. The van der Waals surface area contributed by atoms with Crippen LogP contribution in [0.25, 0.3) is 0 Å². The van der Waals surface area contributed by atoms with Crippen molar-refractivity contribution in [1.82, 2.24) is 0 Å². The molecule has 0 aliphatic heterocycles. The maximum absolute atomic E-state index is 5.97. The van der Waals surface area contributed by atoms with E-state index in [4.69, 9.17) is 4.74 Å².